The van der Waals surface area contributed by atoms with Gasteiger partial charge in [-0.15, -0.1) is 11.3 Å². The van der Waals surface area contributed by atoms with Gasteiger partial charge in [0.05, 0.1) is 16.0 Å². The van der Waals surface area contributed by atoms with E-state index in [9.17, 15) is 8.42 Å². The summed E-state index contributed by atoms with van der Waals surface area (Å²) in [7, 11) is -2.90. The number of nitrogens with one attached hydrogen (secondary N) is 1. The summed E-state index contributed by atoms with van der Waals surface area (Å²) in [5, 5.41) is 5.21. The van der Waals surface area contributed by atoms with Crippen LogP contribution in [0.3, 0.4) is 0 Å². The number of hydrogen-bond donors (Lipinski definition) is 1. The van der Waals surface area contributed by atoms with Gasteiger partial charge in [0, 0.05) is 25.0 Å². The first-order valence-corrected chi connectivity index (χ1v) is 8.64. The monoisotopic (exact) mass is 284 g/mol. The van der Waals surface area contributed by atoms with Gasteiger partial charge in [-0.3, -0.25) is 4.98 Å². The van der Waals surface area contributed by atoms with E-state index in [0.717, 1.165) is 15.8 Å². The fraction of sp³-hybridized carbons (Fsp3) is 0.417. The van der Waals surface area contributed by atoms with Crippen LogP contribution in [0.15, 0.2) is 23.7 Å². The smallest absolute Gasteiger partial charge is 0.148 e. The number of fused-ring (bicyclic) bond motifs is 1. The van der Waals surface area contributed by atoms with Crippen LogP contribution in [0.1, 0.15) is 18.5 Å². The summed E-state index contributed by atoms with van der Waals surface area (Å²) in [6, 6.07) is 4.20. The van der Waals surface area contributed by atoms with Crippen LogP contribution in [0.2, 0.25) is 0 Å². The standard InChI is InChI=1S/C12H16N2O2S2/c1-9(13-4-6-18(2,15)16)10-7-12-11(14-8-10)3-5-17-12/h3,5,7-9,13H,4,6H2,1-2H3. The van der Waals surface area contributed by atoms with Crippen molar-refractivity contribution in [1.82, 2.24) is 10.3 Å². The van der Waals surface area contributed by atoms with Crippen LogP contribution < -0.4 is 5.32 Å². The molecule has 0 spiro atoms. The van der Waals surface area contributed by atoms with Crippen molar-refractivity contribution < 1.29 is 8.42 Å². The number of pyridine rings is 1. The third-order valence-corrected chi connectivity index (χ3v) is 4.55. The Hall–Kier alpha value is -0.980. The number of nitrogens with zero attached hydrogens (tertiary/aromatic N) is 1. The molecule has 0 bridgehead atoms. The fourth-order valence-electron chi connectivity index (χ4n) is 1.68. The molecule has 2 aromatic heterocycles. The Morgan fingerprint density at radius 1 is 1.50 bits per heavy atom. The van der Waals surface area contributed by atoms with Crippen LogP contribution in [0, 0.1) is 0 Å². The Morgan fingerprint density at radius 3 is 3.00 bits per heavy atom. The number of hydrogen-bond acceptors (Lipinski definition) is 5. The highest BCUT2D eigenvalue weighted by atomic mass is 32.2. The Morgan fingerprint density at radius 2 is 2.28 bits per heavy atom. The molecule has 0 amide bonds. The lowest BCUT2D eigenvalue weighted by Gasteiger charge is -2.13. The predicted octanol–water partition coefficient (Wildman–Crippen LogP) is 1.99. The van der Waals surface area contributed by atoms with E-state index in [2.05, 4.69) is 16.4 Å². The van der Waals surface area contributed by atoms with Crippen LogP contribution in [0.25, 0.3) is 10.2 Å². The molecule has 2 aromatic rings. The Bertz CT molecular complexity index is 634. The van der Waals surface area contributed by atoms with E-state index in [1.807, 2.05) is 24.6 Å². The van der Waals surface area contributed by atoms with Gasteiger partial charge in [0.15, 0.2) is 0 Å². The molecule has 0 saturated carbocycles. The van der Waals surface area contributed by atoms with Gasteiger partial charge >= 0.3 is 0 Å². The molecule has 2 rings (SSSR count). The molecule has 0 saturated heterocycles. The number of rotatable bonds is 5. The summed E-state index contributed by atoms with van der Waals surface area (Å²) in [6.07, 6.45) is 3.09. The molecular formula is C12H16N2O2S2. The van der Waals surface area contributed by atoms with Crippen molar-refractivity contribution in [2.75, 3.05) is 18.6 Å². The molecular weight excluding hydrogens is 268 g/mol. The SMILES string of the molecule is CC(NCCS(C)(=O)=O)c1cnc2ccsc2c1. The zero-order valence-corrected chi connectivity index (χ0v) is 12.0. The molecule has 2 heterocycles. The minimum atomic E-state index is -2.90. The van der Waals surface area contributed by atoms with Gasteiger partial charge in [0.1, 0.15) is 9.84 Å². The highest BCUT2D eigenvalue weighted by molar-refractivity contribution is 7.90. The highest BCUT2D eigenvalue weighted by Crippen LogP contribution is 2.22. The molecule has 0 radical (unpaired) electrons. The van der Waals surface area contributed by atoms with Gasteiger partial charge in [-0.05, 0) is 30.0 Å². The second-order valence-corrected chi connectivity index (χ2v) is 7.59. The summed E-state index contributed by atoms with van der Waals surface area (Å²) in [6.45, 7) is 2.47. The van der Waals surface area contributed by atoms with Crippen molar-refractivity contribution >= 4 is 31.4 Å². The van der Waals surface area contributed by atoms with E-state index in [1.54, 1.807) is 11.3 Å². The summed E-state index contributed by atoms with van der Waals surface area (Å²) < 4.78 is 23.2. The molecule has 0 aliphatic heterocycles. The summed E-state index contributed by atoms with van der Waals surface area (Å²) in [4.78, 5) is 4.37. The number of thiophene rings is 1. The normalized spacial score (nSPS) is 13.9. The van der Waals surface area contributed by atoms with E-state index >= 15 is 0 Å². The molecule has 98 valence electrons. The average Bonchev–Trinajstić information content (AvgIpc) is 2.73. The van der Waals surface area contributed by atoms with Crippen molar-refractivity contribution in [2.45, 2.75) is 13.0 Å². The Labute approximate surface area is 111 Å². The molecule has 0 fully saturated rings. The molecule has 0 aromatic carbocycles. The van der Waals surface area contributed by atoms with Crippen LogP contribution in [-0.2, 0) is 9.84 Å². The fourth-order valence-corrected chi connectivity index (χ4v) is 2.95. The largest absolute Gasteiger partial charge is 0.309 e. The van der Waals surface area contributed by atoms with E-state index in [0.29, 0.717) is 6.54 Å². The average molecular weight is 284 g/mol. The quantitative estimate of drug-likeness (QED) is 0.912. The van der Waals surface area contributed by atoms with Crippen molar-refractivity contribution in [3.63, 3.8) is 0 Å². The molecule has 6 heteroatoms. The summed E-state index contributed by atoms with van der Waals surface area (Å²) >= 11 is 1.66. The molecule has 4 nitrogen and oxygen atoms in total. The van der Waals surface area contributed by atoms with Gasteiger partial charge in [0.2, 0.25) is 0 Å². The molecule has 1 unspecified atom stereocenters. The minimum Gasteiger partial charge on any atom is -0.309 e. The third-order valence-electron chi connectivity index (χ3n) is 2.75. The maximum atomic E-state index is 11.0. The zero-order valence-electron chi connectivity index (χ0n) is 10.4. The maximum absolute atomic E-state index is 11.0. The van der Waals surface area contributed by atoms with Crippen molar-refractivity contribution in [1.29, 1.82) is 0 Å². The molecule has 0 aliphatic rings. The Kier molecular flexibility index (Phi) is 3.99. The minimum absolute atomic E-state index is 0.103. The van der Waals surface area contributed by atoms with Crippen LogP contribution in [0.5, 0.6) is 0 Å². The van der Waals surface area contributed by atoms with Gasteiger partial charge in [-0.2, -0.15) is 0 Å². The Balaban J connectivity index is 2.01. The zero-order chi connectivity index (χ0) is 13.2. The van der Waals surface area contributed by atoms with E-state index < -0.39 is 9.84 Å². The van der Waals surface area contributed by atoms with Gasteiger partial charge < -0.3 is 5.32 Å². The molecule has 1 atom stereocenters. The lowest BCUT2D eigenvalue weighted by atomic mass is 10.1. The lowest BCUT2D eigenvalue weighted by molar-refractivity contribution is 0.575. The van der Waals surface area contributed by atoms with E-state index in [1.165, 1.54) is 6.26 Å². The van der Waals surface area contributed by atoms with Gasteiger partial charge in [-0.1, -0.05) is 0 Å². The first kappa shape index (κ1) is 13.5. The highest BCUT2D eigenvalue weighted by Gasteiger charge is 2.08. The van der Waals surface area contributed by atoms with Crippen molar-refractivity contribution in [3.05, 3.63) is 29.3 Å². The summed E-state index contributed by atoms with van der Waals surface area (Å²) in [5.41, 5.74) is 2.09. The van der Waals surface area contributed by atoms with E-state index in [4.69, 9.17) is 0 Å². The van der Waals surface area contributed by atoms with Crippen molar-refractivity contribution in [2.24, 2.45) is 0 Å². The van der Waals surface area contributed by atoms with Crippen LogP contribution in [-0.4, -0.2) is 32.0 Å². The topological polar surface area (TPSA) is 59.1 Å². The van der Waals surface area contributed by atoms with Crippen LogP contribution >= 0.6 is 11.3 Å². The van der Waals surface area contributed by atoms with Gasteiger partial charge in [-0.25, -0.2) is 8.42 Å². The second-order valence-electron chi connectivity index (χ2n) is 4.38. The first-order chi connectivity index (χ1) is 8.46. The second kappa shape index (κ2) is 5.34. The molecule has 18 heavy (non-hydrogen) atoms. The predicted molar refractivity (Wildman–Crippen MR) is 75.7 cm³/mol. The van der Waals surface area contributed by atoms with Crippen LogP contribution in [0.4, 0.5) is 0 Å². The van der Waals surface area contributed by atoms with Crippen molar-refractivity contribution in [3.8, 4) is 0 Å². The molecule has 1 N–H and O–H groups in total. The first-order valence-electron chi connectivity index (χ1n) is 5.70. The van der Waals surface area contributed by atoms with E-state index in [-0.39, 0.29) is 11.8 Å². The summed E-state index contributed by atoms with van der Waals surface area (Å²) in [5.74, 6) is 0.159. The number of aromatic nitrogens is 1. The lowest BCUT2D eigenvalue weighted by Crippen LogP contribution is -2.25. The molecule has 0 aliphatic carbocycles. The third kappa shape index (κ3) is 3.51. The number of sulfone groups is 1. The maximum Gasteiger partial charge on any atom is 0.148 e. The van der Waals surface area contributed by atoms with Gasteiger partial charge in [0.25, 0.3) is 0 Å².